The molecule has 0 saturated carbocycles. The molecule has 21 heavy (non-hydrogen) atoms. The normalized spacial score (nSPS) is 10.2. The van der Waals surface area contributed by atoms with Crippen LogP contribution in [0.5, 0.6) is 11.6 Å². The number of nitro groups is 1. The van der Waals surface area contributed by atoms with Gasteiger partial charge in [0.15, 0.2) is 0 Å². The lowest BCUT2D eigenvalue weighted by atomic mass is 10.3. The van der Waals surface area contributed by atoms with E-state index in [0.29, 0.717) is 17.4 Å². The first-order valence-electron chi connectivity index (χ1n) is 6.59. The zero-order valence-electron chi connectivity index (χ0n) is 11.9. The average molecular weight is 288 g/mol. The Kier molecular flexibility index (Phi) is 4.65. The van der Waals surface area contributed by atoms with E-state index in [-0.39, 0.29) is 5.69 Å². The van der Waals surface area contributed by atoms with E-state index in [2.05, 4.69) is 22.2 Å². The number of ether oxygens (including phenoxy) is 1. The third-order valence-electron chi connectivity index (χ3n) is 2.82. The number of hydrogen-bond acceptors (Lipinski definition) is 6. The van der Waals surface area contributed by atoms with Crippen molar-refractivity contribution in [1.82, 2.24) is 9.97 Å². The number of rotatable bonds is 6. The SMILES string of the molecule is CCCNc1ncnc(Oc2cccc([N+](=O)[O-])c2)c1C. The number of non-ortho nitro benzene ring substituents is 1. The van der Waals surface area contributed by atoms with Gasteiger partial charge in [-0.25, -0.2) is 9.97 Å². The van der Waals surface area contributed by atoms with Crippen molar-refractivity contribution >= 4 is 11.5 Å². The van der Waals surface area contributed by atoms with Crippen LogP contribution in [0, 0.1) is 17.0 Å². The summed E-state index contributed by atoms with van der Waals surface area (Å²) in [6.07, 6.45) is 2.38. The van der Waals surface area contributed by atoms with Gasteiger partial charge in [0.2, 0.25) is 5.88 Å². The van der Waals surface area contributed by atoms with Crippen LogP contribution in [-0.2, 0) is 0 Å². The van der Waals surface area contributed by atoms with Crippen LogP contribution < -0.4 is 10.1 Å². The summed E-state index contributed by atoms with van der Waals surface area (Å²) in [5, 5.41) is 13.9. The summed E-state index contributed by atoms with van der Waals surface area (Å²) >= 11 is 0. The molecule has 0 saturated heterocycles. The molecule has 1 N–H and O–H groups in total. The van der Waals surface area contributed by atoms with Crippen LogP contribution in [0.1, 0.15) is 18.9 Å². The third kappa shape index (κ3) is 3.65. The van der Waals surface area contributed by atoms with Gasteiger partial charge in [0.05, 0.1) is 16.6 Å². The fourth-order valence-corrected chi connectivity index (χ4v) is 1.73. The van der Waals surface area contributed by atoms with Crippen molar-refractivity contribution in [3.8, 4) is 11.6 Å². The van der Waals surface area contributed by atoms with E-state index in [1.165, 1.54) is 18.5 Å². The monoisotopic (exact) mass is 288 g/mol. The molecule has 1 heterocycles. The summed E-state index contributed by atoms with van der Waals surface area (Å²) in [5.74, 6) is 1.45. The zero-order chi connectivity index (χ0) is 15.2. The van der Waals surface area contributed by atoms with Crippen molar-refractivity contribution in [1.29, 1.82) is 0 Å². The van der Waals surface area contributed by atoms with Crippen LogP contribution in [-0.4, -0.2) is 21.4 Å². The van der Waals surface area contributed by atoms with Crippen LogP contribution in [0.15, 0.2) is 30.6 Å². The molecule has 0 amide bonds. The number of nitrogens with one attached hydrogen (secondary N) is 1. The highest BCUT2D eigenvalue weighted by Gasteiger charge is 2.11. The Bertz CT molecular complexity index is 646. The van der Waals surface area contributed by atoms with Gasteiger partial charge in [-0.15, -0.1) is 0 Å². The van der Waals surface area contributed by atoms with Gasteiger partial charge < -0.3 is 10.1 Å². The highest BCUT2D eigenvalue weighted by atomic mass is 16.6. The fourth-order valence-electron chi connectivity index (χ4n) is 1.73. The number of hydrogen-bond donors (Lipinski definition) is 1. The van der Waals surface area contributed by atoms with Gasteiger partial charge in [-0.05, 0) is 19.4 Å². The molecule has 0 unspecified atom stereocenters. The molecule has 0 spiro atoms. The molecule has 2 rings (SSSR count). The maximum Gasteiger partial charge on any atom is 0.273 e. The Balaban J connectivity index is 2.23. The minimum atomic E-state index is -0.464. The second kappa shape index (κ2) is 6.65. The molecule has 0 bridgehead atoms. The maximum atomic E-state index is 10.8. The van der Waals surface area contributed by atoms with Gasteiger partial charge >= 0.3 is 0 Å². The molecular weight excluding hydrogens is 272 g/mol. The molecule has 0 atom stereocenters. The van der Waals surface area contributed by atoms with E-state index >= 15 is 0 Å². The van der Waals surface area contributed by atoms with E-state index in [1.54, 1.807) is 12.1 Å². The van der Waals surface area contributed by atoms with E-state index in [4.69, 9.17) is 4.74 Å². The Hall–Kier alpha value is -2.70. The van der Waals surface area contributed by atoms with Crippen LogP contribution in [0.4, 0.5) is 11.5 Å². The Morgan fingerprint density at radius 2 is 2.19 bits per heavy atom. The minimum absolute atomic E-state index is 0.0245. The van der Waals surface area contributed by atoms with Crippen molar-refractivity contribution < 1.29 is 9.66 Å². The van der Waals surface area contributed by atoms with Gasteiger partial charge in [-0.1, -0.05) is 13.0 Å². The van der Waals surface area contributed by atoms with E-state index in [1.807, 2.05) is 6.92 Å². The largest absolute Gasteiger partial charge is 0.438 e. The highest BCUT2D eigenvalue weighted by molar-refractivity contribution is 5.49. The van der Waals surface area contributed by atoms with Gasteiger partial charge in [0.25, 0.3) is 5.69 Å². The Morgan fingerprint density at radius 3 is 2.90 bits per heavy atom. The number of nitro benzene ring substituents is 1. The Labute approximate surface area is 122 Å². The van der Waals surface area contributed by atoms with Crippen LogP contribution in [0.2, 0.25) is 0 Å². The summed E-state index contributed by atoms with van der Waals surface area (Å²) in [6, 6.07) is 5.99. The van der Waals surface area contributed by atoms with Crippen molar-refractivity contribution in [3.63, 3.8) is 0 Å². The maximum absolute atomic E-state index is 10.8. The average Bonchev–Trinajstić information content (AvgIpc) is 2.48. The molecule has 7 nitrogen and oxygen atoms in total. The second-order valence-corrected chi connectivity index (χ2v) is 4.44. The highest BCUT2D eigenvalue weighted by Crippen LogP contribution is 2.28. The predicted molar refractivity (Wildman–Crippen MR) is 78.7 cm³/mol. The predicted octanol–water partition coefficient (Wildman–Crippen LogP) is 3.31. The van der Waals surface area contributed by atoms with E-state index in [0.717, 1.165) is 18.5 Å². The standard InChI is InChI=1S/C14H16N4O3/c1-3-7-15-13-10(2)14(17-9-16-13)21-12-6-4-5-11(8-12)18(19)20/h4-6,8-9H,3,7H2,1-2H3,(H,15,16,17). The molecule has 0 aliphatic carbocycles. The van der Waals surface area contributed by atoms with Gasteiger partial charge in [-0.3, -0.25) is 10.1 Å². The summed E-state index contributed by atoms with van der Waals surface area (Å²) in [6.45, 7) is 4.70. The van der Waals surface area contributed by atoms with Crippen LogP contribution in [0.3, 0.4) is 0 Å². The summed E-state index contributed by atoms with van der Waals surface area (Å²) < 4.78 is 5.63. The lowest BCUT2D eigenvalue weighted by Gasteiger charge is -2.11. The van der Waals surface area contributed by atoms with E-state index in [9.17, 15) is 10.1 Å². The molecule has 1 aromatic carbocycles. The quantitative estimate of drug-likeness (QED) is 0.647. The first-order chi connectivity index (χ1) is 10.1. The molecule has 0 aliphatic rings. The molecule has 110 valence electrons. The first kappa shape index (κ1) is 14.7. The zero-order valence-corrected chi connectivity index (χ0v) is 11.9. The smallest absolute Gasteiger partial charge is 0.273 e. The molecule has 1 aromatic heterocycles. The molecular formula is C14H16N4O3. The first-order valence-corrected chi connectivity index (χ1v) is 6.59. The number of nitrogens with zero attached hydrogens (tertiary/aromatic N) is 3. The van der Waals surface area contributed by atoms with Crippen LogP contribution >= 0.6 is 0 Å². The summed E-state index contributed by atoms with van der Waals surface area (Å²) in [7, 11) is 0. The topological polar surface area (TPSA) is 90.2 Å². The third-order valence-corrected chi connectivity index (χ3v) is 2.82. The lowest BCUT2D eigenvalue weighted by molar-refractivity contribution is -0.384. The minimum Gasteiger partial charge on any atom is -0.438 e. The molecule has 0 fully saturated rings. The van der Waals surface area contributed by atoms with Crippen molar-refractivity contribution in [2.75, 3.05) is 11.9 Å². The molecule has 7 heteroatoms. The van der Waals surface area contributed by atoms with E-state index < -0.39 is 4.92 Å². The van der Waals surface area contributed by atoms with Gasteiger partial charge in [0.1, 0.15) is 17.9 Å². The summed E-state index contributed by atoms with van der Waals surface area (Å²) in [4.78, 5) is 18.5. The molecule has 0 aliphatic heterocycles. The number of aromatic nitrogens is 2. The van der Waals surface area contributed by atoms with Gasteiger partial charge in [-0.2, -0.15) is 0 Å². The van der Waals surface area contributed by atoms with Crippen molar-refractivity contribution in [2.45, 2.75) is 20.3 Å². The van der Waals surface area contributed by atoms with Crippen LogP contribution in [0.25, 0.3) is 0 Å². The second-order valence-electron chi connectivity index (χ2n) is 4.44. The van der Waals surface area contributed by atoms with Crippen molar-refractivity contribution in [3.05, 3.63) is 46.3 Å². The van der Waals surface area contributed by atoms with Crippen molar-refractivity contribution in [2.24, 2.45) is 0 Å². The number of benzene rings is 1. The van der Waals surface area contributed by atoms with Gasteiger partial charge in [0, 0.05) is 12.6 Å². The molecule has 2 aromatic rings. The lowest BCUT2D eigenvalue weighted by Crippen LogP contribution is -2.05. The Morgan fingerprint density at radius 1 is 1.38 bits per heavy atom. The number of anilines is 1. The molecule has 0 radical (unpaired) electrons. The fraction of sp³-hybridized carbons (Fsp3) is 0.286. The summed E-state index contributed by atoms with van der Waals surface area (Å²) in [5.41, 5.74) is 0.737.